The molecule has 1 aliphatic heterocycles. The first kappa shape index (κ1) is 13.1. The summed E-state index contributed by atoms with van der Waals surface area (Å²) in [4.78, 5) is 11.6. The third kappa shape index (κ3) is 3.60. The molecule has 1 unspecified atom stereocenters. The van der Waals surface area contributed by atoms with Gasteiger partial charge in [-0.1, -0.05) is 6.92 Å². The summed E-state index contributed by atoms with van der Waals surface area (Å²) in [6.07, 6.45) is 6.17. The molecule has 100 valence electrons. The molecule has 1 aromatic heterocycles. The summed E-state index contributed by atoms with van der Waals surface area (Å²) in [6.45, 7) is 4.55. The second-order valence-corrected chi connectivity index (χ2v) is 4.83. The predicted octanol–water partition coefficient (Wildman–Crippen LogP) is 2.24. The minimum atomic E-state index is 0.0756. The molecule has 0 saturated carbocycles. The first-order valence-electron chi connectivity index (χ1n) is 6.84. The van der Waals surface area contributed by atoms with Gasteiger partial charge in [-0.25, -0.2) is 0 Å². The van der Waals surface area contributed by atoms with Crippen LogP contribution in [0, 0.1) is 0 Å². The molecular weight excluding hydrogens is 228 g/mol. The Morgan fingerprint density at radius 3 is 3.11 bits per heavy atom. The topological polar surface area (TPSA) is 43.3 Å². The fraction of sp³-hybridized carbons (Fsp3) is 0.643. The van der Waals surface area contributed by atoms with Crippen molar-refractivity contribution in [3.05, 3.63) is 28.7 Å². The summed E-state index contributed by atoms with van der Waals surface area (Å²) < 4.78 is 7.22. The van der Waals surface area contributed by atoms with Crippen LogP contribution in [0.1, 0.15) is 32.6 Å². The molecule has 18 heavy (non-hydrogen) atoms. The Balaban J connectivity index is 2.03. The van der Waals surface area contributed by atoms with E-state index in [1.165, 1.54) is 0 Å². The van der Waals surface area contributed by atoms with Crippen molar-refractivity contribution in [2.24, 2.45) is 0 Å². The zero-order valence-corrected chi connectivity index (χ0v) is 11.0. The van der Waals surface area contributed by atoms with E-state index in [1.54, 1.807) is 10.6 Å². The monoisotopic (exact) mass is 250 g/mol. The van der Waals surface area contributed by atoms with Crippen molar-refractivity contribution in [3.8, 4) is 0 Å². The van der Waals surface area contributed by atoms with Crippen LogP contribution < -0.4 is 10.9 Å². The van der Waals surface area contributed by atoms with Gasteiger partial charge in [0.2, 0.25) is 0 Å². The summed E-state index contributed by atoms with van der Waals surface area (Å²) in [5.41, 5.74) is 1.11. The lowest BCUT2D eigenvalue weighted by Crippen LogP contribution is -2.23. The van der Waals surface area contributed by atoms with Crippen LogP contribution in [-0.2, 0) is 11.3 Å². The van der Waals surface area contributed by atoms with Crippen molar-refractivity contribution < 1.29 is 4.74 Å². The fourth-order valence-corrected chi connectivity index (χ4v) is 2.32. The number of ether oxygens (including phenoxy) is 1. The highest BCUT2D eigenvalue weighted by Crippen LogP contribution is 2.14. The molecule has 0 radical (unpaired) electrons. The van der Waals surface area contributed by atoms with Gasteiger partial charge in [0.1, 0.15) is 0 Å². The van der Waals surface area contributed by atoms with Crippen molar-refractivity contribution in [1.82, 2.24) is 4.57 Å². The molecular formula is C14H22N2O2. The third-order valence-corrected chi connectivity index (χ3v) is 3.27. The van der Waals surface area contributed by atoms with Crippen LogP contribution in [0.3, 0.4) is 0 Å². The fourth-order valence-electron chi connectivity index (χ4n) is 2.32. The molecule has 2 rings (SSSR count). The molecule has 0 amide bonds. The van der Waals surface area contributed by atoms with Crippen LogP contribution in [0.25, 0.3) is 0 Å². The largest absolute Gasteiger partial charge is 0.381 e. The van der Waals surface area contributed by atoms with Gasteiger partial charge in [0.05, 0.1) is 5.69 Å². The lowest BCUT2D eigenvalue weighted by molar-refractivity contribution is 0.144. The minimum absolute atomic E-state index is 0.0756. The maximum absolute atomic E-state index is 11.6. The Labute approximate surface area is 108 Å². The third-order valence-electron chi connectivity index (χ3n) is 3.27. The van der Waals surface area contributed by atoms with Gasteiger partial charge in [-0.3, -0.25) is 4.79 Å². The molecule has 0 bridgehead atoms. The Hall–Kier alpha value is -1.29. The van der Waals surface area contributed by atoms with Gasteiger partial charge in [0, 0.05) is 38.1 Å². The van der Waals surface area contributed by atoms with Gasteiger partial charge in [0.25, 0.3) is 5.56 Å². The van der Waals surface area contributed by atoms with E-state index in [1.807, 2.05) is 12.3 Å². The van der Waals surface area contributed by atoms with Crippen molar-refractivity contribution in [2.45, 2.75) is 45.2 Å². The first-order valence-corrected chi connectivity index (χ1v) is 6.84. The quantitative estimate of drug-likeness (QED) is 0.891. The maximum Gasteiger partial charge on any atom is 0.250 e. The van der Waals surface area contributed by atoms with Gasteiger partial charge in [-0.15, -0.1) is 0 Å². The first-order chi connectivity index (χ1) is 8.79. The summed E-state index contributed by atoms with van der Waals surface area (Å²) in [5, 5.41) is 3.51. The number of pyridine rings is 1. The number of aromatic nitrogens is 1. The van der Waals surface area contributed by atoms with Crippen LogP contribution in [-0.4, -0.2) is 23.8 Å². The number of hydrogen-bond acceptors (Lipinski definition) is 3. The van der Waals surface area contributed by atoms with Crippen molar-refractivity contribution in [3.63, 3.8) is 0 Å². The second-order valence-electron chi connectivity index (χ2n) is 4.83. The summed E-state index contributed by atoms with van der Waals surface area (Å²) in [7, 11) is 0. The van der Waals surface area contributed by atoms with E-state index >= 15 is 0 Å². The van der Waals surface area contributed by atoms with Crippen LogP contribution >= 0.6 is 0 Å². The van der Waals surface area contributed by atoms with Crippen LogP contribution in [0.4, 0.5) is 5.69 Å². The van der Waals surface area contributed by atoms with E-state index in [0.717, 1.165) is 51.1 Å². The van der Waals surface area contributed by atoms with E-state index in [-0.39, 0.29) is 5.56 Å². The number of nitrogens with one attached hydrogen (secondary N) is 1. The van der Waals surface area contributed by atoms with E-state index in [9.17, 15) is 4.79 Å². The highest BCUT2D eigenvalue weighted by molar-refractivity contribution is 5.41. The van der Waals surface area contributed by atoms with Crippen molar-refractivity contribution in [2.75, 3.05) is 18.5 Å². The lowest BCUT2D eigenvalue weighted by atomic mass is 10.1. The zero-order chi connectivity index (χ0) is 12.8. The normalized spacial score (nSPS) is 20.4. The molecule has 1 aliphatic rings. The highest BCUT2D eigenvalue weighted by Gasteiger charge is 2.12. The molecule has 4 nitrogen and oxygen atoms in total. The van der Waals surface area contributed by atoms with E-state index in [4.69, 9.17) is 4.74 Å². The highest BCUT2D eigenvalue weighted by atomic mass is 16.5. The molecule has 2 heterocycles. The van der Waals surface area contributed by atoms with Gasteiger partial charge >= 0.3 is 0 Å². The molecule has 1 fully saturated rings. The average Bonchev–Trinajstić information content (AvgIpc) is 2.62. The van der Waals surface area contributed by atoms with Gasteiger partial charge < -0.3 is 14.6 Å². The molecule has 0 aromatic carbocycles. The number of nitrogens with zero attached hydrogens (tertiary/aromatic N) is 1. The molecule has 0 spiro atoms. The number of rotatable bonds is 4. The SMILES string of the molecule is CCCn1cc(NC2CCCOCC2)ccc1=O. The van der Waals surface area contributed by atoms with Gasteiger partial charge in [-0.05, 0) is 31.7 Å². The van der Waals surface area contributed by atoms with Crippen molar-refractivity contribution in [1.29, 1.82) is 0 Å². The molecule has 1 aromatic rings. The Kier molecular flexibility index (Phi) is 4.81. The Morgan fingerprint density at radius 2 is 2.28 bits per heavy atom. The van der Waals surface area contributed by atoms with E-state index in [2.05, 4.69) is 12.2 Å². The number of anilines is 1. The van der Waals surface area contributed by atoms with Crippen molar-refractivity contribution >= 4 is 5.69 Å². The number of aryl methyl sites for hydroxylation is 1. The Bertz CT molecular complexity index is 420. The second kappa shape index (κ2) is 6.59. The predicted molar refractivity (Wildman–Crippen MR) is 73.1 cm³/mol. The number of hydrogen-bond donors (Lipinski definition) is 1. The maximum atomic E-state index is 11.6. The molecule has 4 heteroatoms. The Morgan fingerprint density at radius 1 is 1.39 bits per heavy atom. The summed E-state index contributed by atoms with van der Waals surface area (Å²) in [5.74, 6) is 0. The van der Waals surface area contributed by atoms with Crippen LogP contribution in [0.15, 0.2) is 23.1 Å². The molecule has 0 aliphatic carbocycles. The van der Waals surface area contributed by atoms with Crippen LogP contribution in [0.2, 0.25) is 0 Å². The zero-order valence-electron chi connectivity index (χ0n) is 11.0. The average molecular weight is 250 g/mol. The summed E-state index contributed by atoms with van der Waals surface area (Å²) >= 11 is 0. The minimum Gasteiger partial charge on any atom is -0.381 e. The standard InChI is InChI=1S/C14H22N2O2/c1-2-8-16-11-13(5-6-14(16)17)15-12-4-3-9-18-10-7-12/h5-6,11-12,15H,2-4,7-10H2,1H3. The lowest BCUT2D eigenvalue weighted by Gasteiger charge is -2.17. The van der Waals surface area contributed by atoms with Crippen LogP contribution in [0.5, 0.6) is 0 Å². The summed E-state index contributed by atoms with van der Waals surface area (Å²) in [6, 6.07) is 3.98. The molecule has 1 atom stereocenters. The van der Waals surface area contributed by atoms with Gasteiger partial charge in [0.15, 0.2) is 0 Å². The molecule has 1 saturated heterocycles. The molecule has 1 N–H and O–H groups in total. The van der Waals surface area contributed by atoms with E-state index in [0.29, 0.717) is 6.04 Å². The van der Waals surface area contributed by atoms with Gasteiger partial charge in [-0.2, -0.15) is 0 Å². The smallest absolute Gasteiger partial charge is 0.250 e. The van der Waals surface area contributed by atoms with E-state index < -0.39 is 0 Å².